The fourth-order valence-corrected chi connectivity index (χ4v) is 4.28. The van der Waals surface area contributed by atoms with E-state index in [0.717, 1.165) is 11.1 Å². The lowest BCUT2D eigenvalue weighted by Crippen LogP contribution is -2.28. The summed E-state index contributed by atoms with van der Waals surface area (Å²) in [7, 11) is 0. The van der Waals surface area contributed by atoms with Crippen molar-refractivity contribution < 1.29 is 18.7 Å². The minimum absolute atomic E-state index is 0.199. The van der Waals surface area contributed by atoms with Crippen LogP contribution >= 0.6 is 11.3 Å². The van der Waals surface area contributed by atoms with Crippen molar-refractivity contribution in [3.63, 3.8) is 0 Å². The number of aromatic nitrogens is 1. The average Bonchev–Trinajstić information content (AvgIpc) is 3.42. The Kier molecular flexibility index (Phi) is 5.09. The van der Waals surface area contributed by atoms with Crippen molar-refractivity contribution in [1.82, 2.24) is 4.98 Å². The Labute approximate surface area is 182 Å². The molecule has 5 rings (SSSR count). The number of thiazole rings is 1. The molecule has 5 nitrogen and oxygen atoms in total. The largest absolute Gasteiger partial charge is 0.454 e. The topological polar surface area (TPSA) is 51.7 Å². The number of carbonyl (C=O) groups is 1. The highest BCUT2D eigenvalue weighted by Gasteiger charge is 2.19. The summed E-state index contributed by atoms with van der Waals surface area (Å²) < 4.78 is 25.0. The van der Waals surface area contributed by atoms with Gasteiger partial charge in [-0.05, 0) is 47.5 Å². The van der Waals surface area contributed by atoms with Crippen molar-refractivity contribution in [1.29, 1.82) is 0 Å². The van der Waals surface area contributed by atoms with E-state index in [9.17, 15) is 9.18 Å². The highest BCUT2D eigenvalue weighted by molar-refractivity contribution is 7.22. The Balaban J connectivity index is 1.46. The maximum absolute atomic E-state index is 13.6. The van der Waals surface area contributed by atoms with Crippen molar-refractivity contribution >= 4 is 38.7 Å². The van der Waals surface area contributed by atoms with E-state index in [2.05, 4.69) is 4.98 Å². The summed E-state index contributed by atoms with van der Waals surface area (Å²) in [5.41, 5.74) is 2.45. The Morgan fingerprint density at radius 2 is 1.90 bits per heavy atom. The fourth-order valence-electron chi connectivity index (χ4n) is 3.28. The molecule has 1 amide bonds. The van der Waals surface area contributed by atoms with Crippen LogP contribution in [0, 0.1) is 5.82 Å². The van der Waals surface area contributed by atoms with Gasteiger partial charge in [-0.25, -0.2) is 9.37 Å². The van der Waals surface area contributed by atoms with Crippen LogP contribution in [0.1, 0.15) is 11.1 Å². The Hall–Kier alpha value is -3.71. The number of carbonyl (C=O) groups excluding carboxylic acids is 1. The van der Waals surface area contributed by atoms with E-state index in [1.165, 1.54) is 29.5 Å². The normalized spacial score (nSPS) is 12.5. The van der Waals surface area contributed by atoms with Crippen LogP contribution in [-0.4, -0.2) is 17.7 Å². The molecule has 7 heteroatoms. The number of nitrogens with zero attached hydrogens (tertiary/aromatic N) is 2. The molecule has 154 valence electrons. The Morgan fingerprint density at radius 3 is 2.77 bits per heavy atom. The van der Waals surface area contributed by atoms with E-state index >= 15 is 0 Å². The van der Waals surface area contributed by atoms with Crippen LogP contribution in [0.15, 0.2) is 72.8 Å². The zero-order valence-electron chi connectivity index (χ0n) is 16.3. The minimum Gasteiger partial charge on any atom is -0.454 e. The van der Waals surface area contributed by atoms with Gasteiger partial charge in [0.25, 0.3) is 5.91 Å². The maximum Gasteiger partial charge on any atom is 0.253 e. The first-order valence-corrected chi connectivity index (χ1v) is 10.5. The van der Waals surface area contributed by atoms with Crippen molar-refractivity contribution in [2.75, 3.05) is 11.7 Å². The monoisotopic (exact) mass is 432 g/mol. The van der Waals surface area contributed by atoms with Crippen LogP contribution in [0.4, 0.5) is 9.52 Å². The second-order valence-electron chi connectivity index (χ2n) is 6.96. The second kappa shape index (κ2) is 8.20. The van der Waals surface area contributed by atoms with E-state index in [-0.39, 0.29) is 18.5 Å². The molecule has 2 heterocycles. The molecule has 1 aliphatic rings. The third-order valence-corrected chi connectivity index (χ3v) is 5.88. The van der Waals surface area contributed by atoms with Gasteiger partial charge in [0.05, 0.1) is 16.8 Å². The summed E-state index contributed by atoms with van der Waals surface area (Å²) in [5.74, 6) is 0.798. The van der Waals surface area contributed by atoms with Gasteiger partial charge in [0, 0.05) is 6.08 Å². The SMILES string of the molecule is O=C(/C=C/c1ccc2c(c1)OCO2)N(Cc1ccccc1)c1nc2ccc(F)cc2s1. The quantitative estimate of drug-likeness (QED) is 0.396. The maximum atomic E-state index is 13.6. The van der Waals surface area contributed by atoms with Crippen LogP contribution < -0.4 is 14.4 Å². The molecule has 4 aromatic rings. The van der Waals surface area contributed by atoms with Gasteiger partial charge in [0.1, 0.15) is 5.82 Å². The lowest BCUT2D eigenvalue weighted by molar-refractivity contribution is -0.114. The third-order valence-electron chi connectivity index (χ3n) is 4.83. The van der Waals surface area contributed by atoms with Gasteiger partial charge < -0.3 is 9.47 Å². The molecule has 0 saturated carbocycles. The summed E-state index contributed by atoms with van der Waals surface area (Å²) in [6.45, 7) is 0.554. The average molecular weight is 432 g/mol. The zero-order valence-corrected chi connectivity index (χ0v) is 17.1. The van der Waals surface area contributed by atoms with E-state index in [4.69, 9.17) is 9.47 Å². The number of ether oxygens (including phenoxy) is 2. The molecule has 0 spiro atoms. The van der Waals surface area contributed by atoms with Crippen LogP contribution in [0.2, 0.25) is 0 Å². The number of anilines is 1. The highest BCUT2D eigenvalue weighted by Crippen LogP contribution is 2.33. The lowest BCUT2D eigenvalue weighted by Gasteiger charge is -2.18. The standard InChI is InChI=1S/C24H17FN2O3S/c25-18-8-9-19-22(13-18)31-24(26-19)27(14-17-4-2-1-3-5-17)23(28)11-7-16-6-10-20-21(12-16)30-15-29-20/h1-13H,14-15H2/b11-7+. The Morgan fingerprint density at radius 1 is 1.06 bits per heavy atom. The van der Waals surface area contributed by atoms with Crippen molar-refractivity contribution in [2.24, 2.45) is 0 Å². The summed E-state index contributed by atoms with van der Waals surface area (Å²) in [6, 6.07) is 19.6. The van der Waals surface area contributed by atoms with Crippen LogP contribution in [0.5, 0.6) is 11.5 Å². The molecule has 0 bridgehead atoms. The number of rotatable bonds is 5. The van der Waals surface area contributed by atoms with E-state index in [0.29, 0.717) is 33.4 Å². The second-order valence-corrected chi connectivity index (χ2v) is 7.97. The van der Waals surface area contributed by atoms with Gasteiger partial charge >= 0.3 is 0 Å². The molecule has 1 aromatic heterocycles. The van der Waals surface area contributed by atoms with Crippen molar-refractivity contribution in [2.45, 2.75) is 6.54 Å². The van der Waals surface area contributed by atoms with Gasteiger partial charge in [0.15, 0.2) is 16.6 Å². The number of hydrogen-bond donors (Lipinski definition) is 0. The first-order chi connectivity index (χ1) is 15.2. The van der Waals surface area contributed by atoms with Gasteiger partial charge in [-0.15, -0.1) is 0 Å². The van der Waals surface area contributed by atoms with E-state index < -0.39 is 0 Å². The molecule has 0 atom stereocenters. The van der Waals surface area contributed by atoms with E-state index in [1.807, 2.05) is 48.5 Å². The van der Waals surface area contributed by atoms with Gasteiger partial charge in [-0.2, -0.15) is 0 Å². The fraction of sp³-hybridized carbons (Fsp3) is 0.0833. The summed E-state index contributed by atoms with van der Waals surface area (Å²) in [6.07, 6.45) is 3.24. The number of hydrogen-bond acceptors (Lipinski definition) is 5. The zero-order chi connectivity index (χ0) is 21.2. The summed E-state index contributed by atoms with van der Waals surface area (Å²) >= 11 is 1.29. The third kappa shape index (κ3) is 4.13. The van der Waals surface area contributed by atoms with Crippen LogP contribution in [-0.2, 0) is 11.3 Å². The number of benzene rings is 3. The molecule has 0 aliphatic carbocycles. The Bertz CT molecular complexity index is 1290. The lowest BCUT2D eigenvalue weighted by atomic mass is 10.2. The number of amides is 1. The van der Waals surface area contributed by atoms with E-state index in [1.54, 1.807) is 17.0 Å². The van der Waals surface area contributed by atoms with Gasteiger partial charge in [-0.1, -0.05) is 47.7 Å². The minimum atomic E-state index is -0.327. The first kappa shape index (κ1) is 19.3. The predicted molar refractivity (Wildman–Crippen MR) is 119 cm³/mol. The molecule has 3 aromatic carbocycles. The first-order valence-electron chi connectivity index (χ1n) is 9.65. The molecule has 31 heavy (non-hydrogen) atoms. The number of halogens is 1. The molecule has 0 fully saturated rings. The summed E-state index contributed by atoms with van der Waals surface area (Å²) in [5, 5.41) is 0.518. The predicted octanol–water partition coefficient (Wildman–Crippen LogP) is 5.41. The van der Waals surface area contributed by atoms with Crippen molar-refractivity contribution in [3.8, 4) is 11.5 Å². The molecule has 0 N–H and O–H groups in total. The van der Waals surface area contributed by atoms with Gasteiger partial charge in [0.2, 0.25) is 6.79 Å². The molecule has 0 radical (unpaired) electrons. The molecular formula is C24H17FN2O3S. The van der Waals surface area contributed by atoms with Crippen LogP contribution in [0.25, 0.3) is 16.3 Å². The van der Waals surface area contributed by atoms with Crippen LogP contribution in [0.3, 0.4) is 0 Å². The smallest absolute Gasteiger partial charge is 0.253 e. The molecule has 1 aliphatic heterocycles. The highest BCUT2D eigenvalue weighted by atomic mass is 32.1. The molecular weight excluding hydrogens is 415 g/mol. The molecule has 0 unspecified atom stereocenters. The van der Waals surface area contributed by atoms with Gasteiger partial charge in [-0.3, -0.25) is 9.69 Å². The van der Waals surface area contributed by atoms with Crippen molar-refractivity contribution in [3.05, 3.63) is 89.8 Å². The number of fused-ring (bicyclic) bond motifs is 2. The molecule has 0 saturated heterocycles. The summed E-state index contributed by atoms with van der Waals surface area (Å²) in [4.78, 5) is 19.3.